The number of carboxylic acids is 1. The number of hydrogen-bond donors (Lipinski definition) is 5. The first-order valence-electron chi connectivity index (χ1n) is 10.1. The zero-order chi connectivity index (χ0) is 22.8. The minimum atomic E-state index is -1.15. The maximum absolute atomic E-state index is 13.0. The maximum Gasteiger partial charge on any atom is 0.326 e. The maximum atomic E-state index is 13.0. The number of nitrogens with two attached hydrogens (primary N) is 1. The van der Waals surface area contributed by atoms with Crippen LogP contribution in [0.3, 0.4) is 0 Å². The van der Waals surface area contributed by atoms with E-state index in [9.17, 15) is 24.3 Å². The highest BCUT2D eigenvalue weighted by Crippen LogP contribution is 2.20. The molecule has 4 unspecified atom stereocenters. The van der Waals surface area contributed by atoms with Crippen molar-refractivity contribution in [2.24, 2.45) is 11.7 Å². The van der Waals surface area contributed by atoms with E-state index in [-0.39, 0.29) is 5.92 Å². The summed E-state index contributed by atoms with van der Waals surface area (Å²) in [4.78, 5) is 50.8. The molecule has 172 valence electrons. The molecule has 1 aliphatic heterocycles. The Bertz CT molecular complexity index is 618. The lowest BCUT2D eigenvalue weighted by molar-refractivity contribution is -0.149. The first-order valence-corrected chi connectivity index (χ1v) is 11.5. The van der Waals surface area contributed by atoms with Gasteiger partial charge >= 0.3 is 5.97 Å². The van der Waals surface area contributed by atoms with Crippen LogP contribution >= 0.6 is 11.8 Å². The summed E-state index contributed by atoms with van der Waals surface area (Å²) < 4.78 is 0. The monoisotopic (exact) mass is 446 g/mol. The molecule has 1 saturated heterocycles. The van der Waals surface area contributed by atoms with Crippen LogP contribution in [0.2, 0.25) is 0 Å². The summed E-state index contributed by atoms with van der Waals surface area (Å²) in [5.41, 5.74) is 5.52. The number of carboxylic acid groups (broad SMARTS) is 1. The molecule has 0 aromatic carbocycles. The third-order valence-corrected chi connectivity index (χ3v) is 5.56. The van der Waals surface area contributed by atoms with Crippen LogP contribution in [0.25, 0.3) is 0 Å². The minimum Gasteiger partial charge on any atom is -0.480 e. The van der Waals surface area contributed by atoms with Crippen molar-refractivity contribution in [2.45, 2.75) is 63.7 Å². The molecule has 1 aliphatic rings. The number of likely N-dealkylation sites (tertiary alicyclic amines) is 1. The Labute approximate surface area is 181 Å². The molecule has 0 aromatic heterocycles. The second kappa shape index (κ2) is 12.8. The van der Waals surface area contributed by atoms with E-state index in [0.29, 0.717) is 38.0 Å². The number of aliphatic carboxylic acids is 1. The summed E-state index contributed by atoms with van der Waals surface area (Å²) in [7, 11) is 0. The van der Waals surface area contributed by atoms with Crippen molar-refractivity contribution < 1.29 is 29.4 Å². The molecule has 3 amide bonds. The number of hydrogen-bond acceptors (Lipinski definition) is 7. The quantitative estimate of drug-likeness (QED) is 0.259. The lowest BCUT2D eigenvalue weighted by Gasteiger charge is -2.29. The zero-order valence-corrected chi connectivity index (χ0v) is 18.6. The molecule has 0 spiro atoms. The highest BCUT2D eigenvalue weighted by atomic mass is 32.2. The number of amides is 3. The molecule has 11 heteroatoms. The van der Waals surface area contributed by atoms with Gasteiger partial charge in [0.1, 0.15) is 24.2 Å². The summed E-state index contributed by atoms with van der Waals surface area (Å²) in [6.45, 7) is 3.55. The number of nitrogens with one attached hydrogen (secondary N) is 2. The molecule has 0 radical (unpaired) electrons. The van der Waals surface area contributed by atoms with Crippen molar-refractivity contribution in [3.8, 4) is 0 Å². The molecule has 0 saturated carbocycles. The van der Waals surface area contributed by atoms with Crippen LogP contribution in [-0.2, 0) is 19.2 Å². The van der Waals surface area contributed by atoms with E-state index < -0.39 is 54.5 Å². The predicted octanol–water partition coefficient (Wildman–Crippen LogP) is -0.850. The van der Waals surface area contributed by atoms with E-state index in [2.05, 4.69) is 10.6 Å². The van der Waals surface area contributed by atoms with Gasteiger partial charge in [-0.3, -0.25) is 14.4 Å². The Morgan fingerprint density at radius 2 is 1.80 bits per heavy atom. The van der Waals surface area contributed by atoms with E-state index in [0.717, 1.165) is 0 Å². The van der Waals surface area contributed by atoms with Crippen LogP contribution in [0.5, 0.6) is 0 Å². The van der Waals surface area contributed by atoms with Gasteiger partial charge < -0.3 is 31.5 Å². The van der Waals surface area contributed by atoms with Gasteiger partial charge in [0.2, 0.25) is 17.7 Å². The summed E-state index contributed by atoms with van der Waals surface area (Å²) in [6, 6.07) is -3.85. The minimum absolute atomic E-state index is 0.0710. The van der Waals surface area contributed by atoms with Gasteiger partial charge in [0, 0.05) is 6.54 Å². The van der Waals surface area contributed by atoms with E-state index in [1.165, 1.54) is 16.7 Å². The summed E-state index contributed by atoms with van der Waals surface area (Å²) in [5, 5.41) is 23.7. The van der Waals surface area contributed by atoms with Gasteiger partial charge in [0.15, 0.2) is 0 Å². The first kappa shape index (κ1) is 26.2. The Balaban J connectivity index is 2.96. The number of carbonyl (C=O) groups excluding carboxylic acids is 3. The molecule has 4 atom stereocenters. The topological polar surface area (TPSA) is 162 Å². The molecule has 1 heterocycles. The summed E-state index contributed by atoms with van der Waals surface area (Å²) in [5.74, 6) is -2.01. The highest BCUT2D eigenvalue weighted by Gasteiger charge is 2.38. The molecular formula is C19H34N4O6S. The Morgan fingerprint density at radius 3 is 2.33 bits per heavy atom. The van der Waals surface area contributed by atoms with Crippen molar-refractivity contribution in [1.82, 2.24) is 15.5 Å². The van der Waals surface area contributed by atoms with Gasteiger partial charge in [-0.05, 0) is 43.6 Å². The van der Waals surface area contributed by atoms with Crippen LogP contribution in [0.4, 0.5) is 0 Å². The van der Waals surface area contributed by atoms with Gasteiger partial charge in [-0.1, -0.05) is 13.8 Å². The number of carbonyl (C=O) groups is 4. The standard InChI is InChI=1S/C19H34N4O6S/c1-11(2)9-14(22-16(25)12(20)10-24)17(26)21-13(6-8-30-3)18(27)23-7-4-5-15(23)19(28)29/h11-15,24H,4-10,20H2,1-3H3,(H,21,26)(H,22,25)(H,28,29). The Hall–Kier alpha value is -1.85. The van der Waals surface area contributed by atoms with Crippen LogP contribution in [-0.4, -0.2) is 88.1 Å². The zero-order valence-electron chi connectivity index (χ0n) is 17.8. The molecule has 0 bridgehead atoms. The van der Waals surface area contributed by atoms with Crippen LogP contribution in [0, 0.1) is 5.92 Å². The molecule has 30 heavy (non-hydrogen) atoms. The second-order valence-corrected chi connectivity index (χ2v) is 8.84. The van der Waals surface area contributed by atoms with Crippen LogP contribution in [0.15, 0.2) is 0 Å². The number of aliphatic hydroxyl groups is 1. The Morgan fingerprint density at radius 1 is 1.17 bits per heavy atom. The van der Waals surface area contributed by atoms with Gasteiger partial charge in [0.05, 0.1) is 6.61 Å². The smallest absolute Gasteiger partial charge is 0.326 e. The third kappa shape index (κ3) is 7.77. The largest absolute Gasteiger partial charge is 0.480 e. The average molecular weight is 447 g/mol. The summed E-state index contributed by atoms with van der Waals surface area (Å²) >= 11 is 1.51. The van der Waals surface area contributed by atoms with Crippen molar-refractivity contribution >= 4 is 35.5 Å². The van der Waals surface area contributed by atoms with Crippen molar-refractivity contribution in [1.29, 1.82) is 0 Å². The van der Waals surface area contributed by atoms with Gasteiger partial charge in [0.25, 0.3) is 0 Å². The Kier molecular flexibility index (Phi) is 11.1. The van der Waals surface area contributed by atoms with Crippen molar-refractivity contribution in [3.05, 3.63) is 0 Å². The highest BCUT2D eigenvalue weighted by molar-refractivity contribution is 7.98. The third-order valence-electron chi connectivity index (χ3n) is 4.92. The molecule has 1 fully saturated rings. The first-order chi connectivity index (χ1) is 14.1. The normalized spacial score (nSPS) is 19.3. The van der Waals surface area contributed by atoms with E-state index in [1.807, 2.05) is 20.1 Å². The molecule has 6 N–H and O–H groups in total. The van der Waals surface area contributed by atoms with E-state index in [1.54, 1.807) is 0 Å². The van der Waals surface area contributed by atoms with Gasteiger partial charge in [-0.15, -0.1) is 0 Å². The fraction of sp³-hybridized carbons (Fsp3) is 0.789. The molecule has 10 nitrogen and oxygen atoms in total. The van der Waals surface area contributed by atoms with Crippen molar-refractivity contribution in [2.75, 3.05) is 25.2 Å². The molecule has 0 aromatic rings. The molecular weight excluding hydrogens is 412 g/mol. The van der Waals surface area contributed by atoms with E-state index in [4.69, 9.17) is 10.8 Å². The number of thioether (sulfide) groups is 1. The second-order valence-electron chi connectivity index (χ2n) is 7.85. The van der Waals surface area contributed by atoms with Gasteiger partial charge in [-0.25, -0.2) is 4.79 Å². The molecule has 1 rings (SSSR count). The van der Waals surface area contributed by atoms with Crippen LogP contribution in [0.1, 0.15) is 39.5 Å². The fourth-order valence-electron chi connectivity index (χ4n) is 3.32. The van der Waals surface area contributed by atoms with Gasteiger partial charge in [-0.2, -0.15) is 11.8 Å². The van der Waals surface area contributed by atoms with Crippen molar-refractivity contribution in [3.63, 3.8) is 0 Å². The number of nitrogens with zero attached hydrogens (tertiary/aromatic N) is 1. The lowest BCUT2D eigenvalue weighted by atomic mass is 10.0. The lowest BCUT2D eigenvalue weighted by Crippen LogP contribution is -2.57. The van der Waals surface area contributed by atoms with Crippen LogP contribution < -0.4 is 16.4 Å². The average Bonchev–Trinajstić information content (AvgIpc) is 3.18. The number of rotatable bonds is 12. The summed E-state index contributed by atoms with van der Waals surface area (Å²) in [6.07, 6.45) is 3.51. The van der Waals surface area contributed by atoms with E-state index >= 15 is 0 Å². The SMILES string of the molecule is CSCCC(NC(=O)C(CC(C)C)NC(=O)C(N)CO)C(=O)N1CCCC1C(=O)O. The number of aliphatic hydroxyl groups excluding tert-OH is 1. The molecule has 0 aliphatic carbocycles. The fourth-order valence-corrected chi connectivity index (χ4v) is 3.79. The predicted molar refractivity (Wildman–Crippen MR) is 114 cm³/mol.